The summed E-state index contributed by atoms with van der Waals surface area (Å²) in [5.41, 5.74) is 6.29. The first-order valence-electron chi connectivity index (χ1n) is 13.8. The maximum Gasteiger partial charge on any atom is 0.234 e. The molecule has 1 aliphatic rings. The van der Waals surface area contributed by atoms with Crippen LogP contribution in [0.15, 0.2) is 53.7 Å². The molecule has 2 atom stereocenters. The number of hydrogen-bond acceptors (Lipinski definition) is 10. The fourth-order valence-corrected chi connectivity index (χ4v) is 6.29. The summed E-state index contributed by atoms with van der Waals surface area (Å²) in [6.45, 7) is 7.52. The molecule has 14 heteroatoms. The van der Waals surface area contributed by atoms with E-state index in [4.69, 9.17) is 22.1 Å². The summed E-state index contributed by atoms with van der Waals surface area (Å²) in [5.74, 6) is 0.464. The molecule has 12 nitrogen and oxygen atoms in total. The summed E-state index contributed by atoms with van der Waals surface area (Å²) in [7, 11) is -3.59. The molecule has 0 spiro atoms. The van der Waals surface area contributed by atoms with Gasteiger partial charge in [-0.05, 0) is 58.4 Å². The lowest BCUT2D eigenvalue weighted by Gasteiger charge is -2.17. The normalized spacial score (nSPS) is 17.1. The number of carbonyl (C=O) groups is 1. The van der Waals surface area contributed by atoms with E-state index in [1.54, 1.807) is 42.7 Å². The number of hydrogen-bond donors (Lipinski definition) is 5. The first kappa shape index (κ1) is 30.4. The highest BCUT2D eigenvalue weighted by molar-refractivity contribution is 7.92. The average Bonchev–Trinajstić information content (AvgIpc) is 3.56. The van der Waals surface area contributed by atoms with E-state index in [-0.39, 0.29) is 39.7 Å². The van der Waals surface area contributed by atoms with Crippen molar-refractivity contribution >= 4 is 61.3 Å². The number of halogens is 1. The van der Waals surface area contributed by atoms with Gasteiger partial charge in [-0.1, -0.05) is 23.7 Å². The first-order valence-corrected chi connectivity index (χ1v) is 15.7. The third-order valence-corrected chi connectivity index (χ3v) is 9.67. The quantitative estimate of drug-likeness (QED) is 0.167. The van der Waals surface area contributed by atoms with Crippen molar-refractivity contribution in [1.29, 1.82) is 0 Å². The van der Waals surface area contributed by atoms with Crippen LogP contribution in [0.3, 0.4) is 0 Å². The molecule has 1 unspecified atom stereocenters. The predicted molar refractivity (Wildman–Crippen MR) is 166 cm³/mol. The topological polar surface area (TPSA) is 173 Å². The number of aromatic hydroxyl groups is 1. The number of nitrogens with zero attached hydrogens (tertiary/aromatic N) is 3. The highest BCUT2D eigenvalue weighted by Gasteiger charge is 2.31. The third kappa shape index (κ3) is 6.19. The molecule has 0 bridgehead atoms. The number of sulfone groups is 1. The SMILES string of the molecule is CC(C)Oc1cc2cn(C3CN[C@H](C(N)=O)C3)c(O)c2cc1Nc1ncc(Cl)c(Nc2ccccc2S(=O)(=O)C(C)C)n1. The summed E-state index contributed by atoms with van der Waals surface area (Å²) in [6, 6.07) is 9.47. The van der Waals surface area contributed by atoms with Crippen LogP contribution >= 0.6 is 11.6 Å². The van der Waals surface area contributed by atoms with Crippen LogP contribution in [-0.4, -0.2) is 57.9 Å². The van der Waals surface area contributed by atoms with Gasteiger partial charge >= 0.3 is 0 Å². The van der Waals surface area contributed by atoms with Gasteiger partial charge < -0.3 is 36.1 Å². The van der Waals surface area contributed by atoms with Crippen LogP contribution < -0.4 is 26.4 Å². The van der Waals surface area contributed by atoms with Gasteiger partial charge in [0.15, 0.2) is 21.5 Å². The van der Waals surface area contributed by atoms with E-state index in [9.17, 15) is 18.3 Å². The largest absolute Gasteiger partial charge is 0.494 e. The minimum atomic E-state index is -3.59. The van der Waals surface area contributed by atoms with Crippen molar-refractivity contribution in [1.82, 2.24) is 19.9 Å². The van der Waals surface area contributed by atoms with E-state index in [2.05, 4.69) is 25.9 Å². The number of primary amides is 1. The molecule has 2 aromatic carbocycles. The molecule has 0 radical (unpaired) electrons. The smallest absolute Gasteiger partial charge is 0.234 e. The molecule has 1 fully saturated rings. The molecule has 6 N–H and O–H groups in total. The second kappa shape index (κ2) is 11.9. The van der Waals surface area contributed by atoms with E-state index in [0.29, 0.717) is 35.5 Å². The number of aromatic nitrogens is 3. The Hall–Kier alpha value is -4.07. The lowest BCUT2D eigenvalue weighted by molar-refractivity contribution is -0.119. The van der Waals surface area contributed by atoms with Gasteiger partial charge in [-0.25, -0.2) is 13.4 Å². The number of ether oxygens (including phenoxy) is 1. The fourth-order valence-electron chi connectivity index (χ4n) is 4.95. The Morgan fingerprint density at radius 1 is 1.19 bits per heavy atom. The van der Waals surface area contributed by atoms with E-state index in [1.807, 2.05) is 26.1 Å². The zero-order valence-corrected chi connectivity index (χ0v) is 25.7. The van der Waals surface area contributed by atoms with Gasteiger partial charge in [0.25, 0.3) is 0 Å². The average molecular weight is 628 g/mol. The molecule has 2 aromatic heterocycles. The highest BCUT2D eigenvalue weighted by Crippen LogP contribution is 2.40. The number of nitrogens with one attached hydrogen (secondary N) is 3. The zero-order valence-electron chi connectivity index (χ0n) is 24.1. The van der Waals surface area contributed by atoms with Crippen molar-refractivity contribution in [3.8, 4) is 11.6 Å². The van der Waals surface area contributed by atoms with Crippen LogP contribution in [0.25, 0.3) is 10.8 Å². The van der Waals surface area contributed by atoms with Crippen LogP contribution in [0.2, 0.25) is 5.02 Å². The summed E-state index contributed by atoms with van der Waals surface area (Å²) in [6.07, 6.45) is 3.52. The summed E-state index contributed by atoms with van der Waals surface area (Å²) >= 11 is 6.41. The van der Waals surface area contributed by atoms with Crippen molar-refractivity contribution < 1.29 is 23.1 Å². The number of fused-ring (bicyclic) bond motifs is 1. The van der Waals surface area contributed by atoms with Crippen molar-refractivity contribution in [2.45, 2.75) is 62.4 Å². The van der Waals surface area contributed by atoms with Crippen LogP contribution in [0.1, 0.15) is 40.2 Å². The van der Waals surface area contributed by atoms with Crippen LogP contribution in [0.5, 0.6) is 11.6 Å². The van der Waals surface area contributed by atoms with Crippen molar-refractivity contribution in [3.05, 3.63) is 53.8 Å². The standard InChI is InChI=1S/C29H34ClN7O5S/c1-15(2)42-24-9-17-14-37(18-10-23(26(31)38)32-12-18)28(39)19(17)11-22(24)35-29-33-13-20(30)27(36-29)34-21-7-5-6-8-25(21)43(40,41)16(3)4/h5-9,11,13-16,18,23,32,39H,10,12H2,1-4H3,(H2,31,38)(H2,33,34,35,36)/t18?,23-/m0/s1. The van der Waals surface area contributed by atoms with Gasteiger partial charge in [0, 0.05) is 23.5 Å². The van der Waals surface area contributed by atoms with E-state index >= 15 is 0 Å². The van der Waals surface area contributed by atoms with Gasteiger partial charge in [0.05, 0.1) is 45.9 Å². The Kier molecular flexibility index (Phi) is 8.41. The molecule has 228 valence electrons. The summed E-state index contributed by atoms with van der Waals surface area (Å²) < 4.78 is 33.7. The monoisotopic (exact) mass is 627 g/mol. The van der Waals surface area contributed by atoms with E-state index < -0.39 is 27.0 Å². The number of para-hydroxylation sites is 1. The lowest BCUT2D eigenvalue weighted by Crippen LogP contribution is -2.36. The molecule has 1 aliphatic heterocycles. The predicted octanol–water partition coefficient (Wildman–Crippen LogP) is 4.64. The van der Waals surface area contributed by atoms with Crippen LogP contribution in [0, 0.1) is 0 Å². The first-order chi connectivity index (χ1) is 20.3. The van der Waals surface area contributed by atoms with Gasteiger partial charge in [-0.3, -0.25) is 4.79 Å². The van der Waals surface area contributed by atoms with Crippen molar-refractivity contribution in [3.63, 3.8) is 0 Å². The number of anilines is 4. The molecule has 0 aliphatic carbocycles. The molecule has 1 saturated heterocycles. The van der Waals surface area contributed by atoms with Crippen molar-refractivity contribution in [2.24, 2.45) is 5.73 Å². The number of nitrogens with two attached hydrogens (primary N) is 1. The Bertz CT molecular complexity index is 1790. The Morgan fingerprint density at radius 3 is 2.60 bits per heavy atom. The van der Waals surface area contributed by atoms with Gasteiger partial charge in [-0.2, -0.15) is 4.98 Å². The minimum Gasteiger partial charge on any atom is -0.494 e. The van der Waals surface area contributed by atoms with E-state index in [0.717, 1.165) is 5.39 Å². The molecular weight excluding hydrogens is 594 g/mol. The Labute approximate surface area is 254 Å². The number of amides is 1. The summed E-state index contributed by atoms with van der Waals surface area (Å²) in [4.78, 5) is 20.6. The zero-order chi connectivity index (χ0) is 31.1. The van der Waals surface area contributed by atoms with Gasteiger partial charge in [0.1, 0.15) is 10.8 Å². The van der Waals surface area contributed by atoms with Gasteiger partial charge in [0.2, 0.25) is 11.9 Å². The third-order valence-electron chi connectivity index (χ3n) is 7.18. The fraction of sp³-hybridized carbons (Fsp3) is 0.345. The minimum absolute atomic E-state index is 0.0356. The highest BCUT2D eigenvalue weighted by atomic mass is 35.5. The van der Waals surface area contributed by atoms with Crippen LogP contribution in [0.4, 0.5) is 23.1 Å². The second-order valence-corrected chi connectivity index (χ2v) is 13.8. The molecule has 4 aromatic rings. The molecule has 43 heavy (non-hydrogen) atoms. The van der Waals surface area contributed by atoms with Gasteiger partial charge in [-0.15, -0.1) is 0 Å². The number of benzene rings is 2. The van der Waals surface area contributed by atoms with Crippen LogP contribution in [-0.2, 0) is 14.6 Å². The second-order valence-electron chi connectivity index (χ2n) is 10.9. The van der Waals surface area contributed by atoms with Crippen molar-refractivity contribution in [2.75, 3.05) is 17.2 Å². The molecule has 3 heterocycles. The maximum absolute atomic E-state index is 12.9. The molecular formula is C29H34ClN7O5S. The number of rotatable bonds is 10. The number of carbonyl (C=O) groups excluding carboxylic acids is 1. The summed E-state index contributed by atoms with van der Waals surface area (Å²) in [5, 5.41) is 21.3. The Morgan fingerprint density at radius 2 is 1.93 bits per heavy atom. The molecule has 0 saturated carbocycles. The molecule has 5 rings (SSSR count). The lowest BCUT2D eigenvalue weighted by atomic mass is 10.1. The Balaban J connectivity index is 1.49. The molecule has 1 amide bonds. The maximum atomic E-state index is 12.9. The van der Waals surface area contributed by atoms with E-state index in [1.165, 1.54) is 12.3 Å².